The van der Waals surface area contributed by atoms with Crippen molar-refractivity contribution in [1.82, 2.24) is 0 Å². The summed E-state index contributed by atoms with van der Waals surface area (Å²) in [5.41, 5.74) is 8.80. The lowest BCUT2D eigenvalue weighted by atomic mass is 9.74. The maximum atomic E-state index is 11.9. The summed E-state index contributed by atoms with van der Waals surface area (Å²) in [4.78, 5) is 11.9. The first kappa shape index (κ1) is 14.1. The number of carbonyl (C=O) groups is 1. The monoisotopic (exact) mass is 269 g/mol. The minimum Gasteiger partial charge on any atom is -0.480 e. The van der Waals surface area contributed by atoms with E-state index in [2.05, 4.69) is 0 Å². The van der Waals surface area contributed by atoms with Crippen LogP contribution in [-0.4, -0.2) is 11.1 Å². The maximum Gasteiger partial charge on any atom is 0.318 e. The van der Waals surface area contributed by atoms with E-state index in [1.165, 1.54) is 0 Å². The Bertz CT molecular complexity index is 647. The van der Waals surface area contributed by atoms with Crippen LogP contribution in [0.3, 0.4) is 0 Å². The minimum absolute atomic E-state index is 0.627. The Morgan fingerprint density at radius 2 is 1.70 bits per heavy atom. The van der Waals surface area contributed by atoms with Crippen LogP contribution in [0.15, 0.2) is 42.5 Å². The Hall–Kier alpha value is -2.29. The van der Waals surface area contributed by atoms with Crippen LogP contribution in [0.2, 0.25) is 0 Å². The summed E-state index contributed by atoms with van der Waals surface area (Å²) in [6, 6.07) is 12.9. The van der Waals surface area contributed by atoms with E-state index in [4.69, 9.17) is 5.73 Å². The number of anilines is 1. The highest BCUT2D eigenvalue weighted by molar-refractivity contribution is 5.86. The fourth-order valence-corrected chi connectivity index (χ4v) is 2.49. The summed E-state index contributed by atoms with van der Waals surface area (Å²) < 4.78 is 0. The zero-order chi connectivity index (χ0) is 14.9. The average Bonchev–Trinajstić information content (AvgIpc) is 2.41. The summed E-state index contributed by atoms with van der Waals surface area (Å²) in [5, 5.41) is 9.79. The molecule has 0 aliphatic carbocycles. The van der Waals surface area contributed by atoms with Gasteiger partial charge < -0.3 is 10.8 Å². The predicted molar refractivity (Wildman–Crippen MR) is 80.9 cm³/mol. The summed E-state index contributed by atoms with van der Waals surface area (Å²) in [6.07, 6.45) is 0. The normalized spacial score (nSPS) is 13.8. The molecule has 0 aliphatic heterocycles. The van der Waals surface area contributed by atoms with Crippen molar-refractivity contribution in [3.05, 3.63) is 64.7 Å². The Labute approximate surface area is 119 Å². The molecule has 2 aromatic carbocycles. The third kappa shape index (κ3) is 2.27. The lowest BCUT2D eigenvalue weighted by Gasteiger charge is -2.28. The number of hydrogen-bond donors (Lipinski definition) is 2. The van der Waals surface area contributed by atoms with Gasteiger partial charge in [-0.1, -0.05) is 35.9 Å². The Balaban J connectivity index is 2.69. The molecule has 104 valence electrons. The summed E-state index contributed by atoms with van der Waals surface area (Å²) >= 11 is 0. The van der Waals surface area contributed by atoms with Gasteiger partial charge in [0.15, 0.2) is 0 Å². The molecule has 0 aromatic heterocycles. The van der Waals surface area contributed by atoms with Crippen molar-refractivity contribution in [2.75, 3.05) is 5.73 Å². The van der Waals surface area contributed by atoms with Crippen molar-refractivity contribution >= 4 is 11.7 Å². The summed E-state index contributed by atoms with van der Waals surface area (Å²) in [7, 11) is 0. The van der Waals surface area contributed by atoms with Crippen LogP contribution in [0.25, 0.3) is 0 Å². The Morgan fingerprint density at radius 1 is 1.10 bits per heavy atom. The molecule has 0 heterocycles. The van der Waals surface area contributed by atoms with E-state index in [0.29, 0.717) is 5.69 Å². The standard InChI is InChI=1S/C17H19NO2/c1-11-4-5-12(2)15(10-11)17(3,16(19)20)13-6-8-14(18)9-7-13/h4-10H,18H2,1-3H3,(H,19,20). The van der Waals surface area contributed by atoms with Crippen molar-refractivity contribution in [3.63, 3.8) is 0 Å². The van der Waals surface area contributed by atoms with Crippen molar-refractivity contribution < 1.29 is 9.90 Å². The molecule has 20 heavy (non-hydrogen) atoms. The highest BCUT2D eigenvalue weighted by atomic mass is 16.4. The lowest BCUT2D eigenvalue weighted by molar-refractivity contribution is -0.141. The van der Waals surface area contributed by atoms with Crippen LogP contribution in [0.4, 0.5) is 5.69 Å². The first-order valence-electron chi connectivity index (χ1n) is 6.53. The van der Waals surface area contributed by atoms with Crippen LogP contribution < -0.4 is 5.73 Å². The Kier molecular flexibility index (Phi) is 3.53. The highest BCUT2D eigenvalue weighted by Crippen LogP contribution is 2.35. The molecule has 2 aromatic rings. The number of benzene rings is 2. The van der Waals surface area contributed by atoms with Gasteiger partial charge in [-0.25, -0.2) is 0 Å². The van der Waals surface area contributed by atoms with Gasteiger partial charge >= 0.3 is 5.97 Å². The van der Waals surface area contributed by atoms with Crippen LogP contribution in [0.5, 0.6) is 0 Å². The van der Waals surface area contributed by atoms with Gasteiger partial charge in [0.1, 0.15) is 5.41 Å². The van der Waals surface area contributed by atoms with Gasteiger partial charge in [0.25, 0.3) is 0 Å². The van der Waals surface area contributed by atoms with Crippen molar-refractivity contribution in [2.24, 2.45) is 0 Å². The number of carboxylic acid groups (broad SMARTS) is 1. The second-order valence-electron chi connectivity index (χ2n) is 5.37. The molecule has 3 nitrogen and oxygen atoms in total. The van der Waals surface area contributed by atoms with E-state index in [0.717, 1.165) is 22.3 Å². The number of nitrogens with two attached hydrogens (primary N) is 1. The van der Waals surface area contributed by atoms with Crippen molar-refractivity contribution in [2.45, 2.75) is 26.2 Å². The van der Waals surface area contributed by atoms with Crippen LogP contribution >= 0.6 is 0 Å². The SMILES string of the molecule is Cc1ccc(C)c(C(C)(C(=O)O)c2ccc(N)cc2)c1. The molecule has 3 N–H and O–H groups in total. The smallest absolute Gasteiger partial charge is 0.318 e. The van der Waals surface area contributed by atoms with Crippen molar-refractivity contribution in [3.8, 4) is 0 Å². The average molecular weight is 269 g/mol. The van der Waals surface area contributed by atoms with E-state index in [1.807, 2.05) is 32.0 Å². The predicted octanol–water partition coefficient (Wildman–Crippen LogP) is 3.28. The lowest BCUT2D eigenvalue weighted by Crippen LogP contribution is -2.34. The molecule has 0 fully saturated rings. The first-order chi connectivity index (χ1) is 9.35. The van der Waals surface area contributed by atoms with E-state index in [1.54, 1.807) is 31.2 Å². The molecule has 1 atom stereocenters. The van der Waals surface area contributed by atoms with E-state index >= 15 is 0 Å². The topological polar surface area (TPSA) is 63.3 Å². The van der Waals surface area contributed by atoms with E-state index in [9.17, 15) is 9.90 Å². The number of aryl methyl sites for hydroxylation is 2. The van der Waals surface area contributed by atoms with Crippen molar-refractivity contribution in [1.29, 1.82) is 0 Å². The minimum atomic E-state index is -1.08. The van der Waals surface area contributed by atoms with Crippen LogP contribution in [-0.2, 0) is 10.2 Å². The maximum absolute atomic E-state index is 11.9. The van der Waals surface area contributed by atoms with Crippen LogP contribution in [0.1, 0.15) is 29.2 Å². The molecule has 0 saturated carbocycles. The summed E-state index contributed by atoms with van der Waals surface area (Å²) in [5.74, 6) is -0.865. The Morgan fingerprint density at radius 3 is 2.25 bits per heavy atom. The quantitative estimate of drug-likeness (QED) is 0.840. The van der Waals surface area contributed by atoms with E-state index < -0.39 is 11.4 Å². The third-order valence-electron chi connectivity index (χ3n) is 3.85. The van der Waals surface area contributed by atoms with Gasteiger partial charge in [-0.15, -0.1) is 0 Å². The molecule has 0 radical (unpaired) electrons. The largest absolute Gasteiger partial charge is 0.480 e. The molecule has 0 spiro atoms. The van der Waals surface area contributed by atoms with E-state index in [-0.39, 0.29) is 0 Å². The zero-order valence-electron chi connectivity index (χ0n) is 12.0. The molecule has 1 unspecified atom stereocenters. The molecule has 3 heteroatoms. The molecular formula is C17H19NO2. The van der Waals surface area contributed by atoms with Crippen LogP contribution in [0, 0.1) is 13.8 Å². The number of rotatable bonds is 3. The van der Waals surface area contributed by atoms with Gasteiger partial charge in [0.2, 0.25) is 0 Å². The number of hydrogen-bond acceptors (Lipinski definition) is 2. The van der Waals surface area contributed by atoms with Gasteiger partial charge in [0.05, 0.1) is 0 Å². The number of aliphatic carboxylic acids is 1. The highest BCUT2D eigenvalue weighted by Gasteiger charge is 2.38. The molecule has 0 aliphatic rings. The number of nitrogen functional groups attached to an aromatic ring is 1. The third-order valence-corrected chi connectivity index (χ3v) is 3.85. The molecule has 2 rings (SSSR count). The molecule has 0 bridgehead atoms. The van der Waals surface area contributed by atoms with Gasteiger partial charge in [-0.3, -0.25) is 4.79 Å². The second-order valence-corrected chi connectivity index (χ2v) is 5.37. The first-order valence-corrected chi connectivity index (χ1v) is 6.53. The fourth-order valence-electron chi connectivity index (χ4n) is 2.49. The fraction of sp³-hybridized carbons (Fsp3) is 0.235. The van der Waals surface area contributed by atoms with Gasteiger partial charge in [-0.2, -0.15) is 0 Å². The van der Waals surface area contributed by atoms with Gasteiger partial charge in [0, 0.05) is 5.69 Å². The molecule has 0 amide bonds. The molecular weight excluding hydrogens is 250 g/mol. The zero-order valence-corrected chi connectivity index (χ0v) is 12.0. The summed E-state index contributed by atoms with van der Waals surface area (Å²) in [6.45, 7) is 5.64. The second kappa shape index (κ2) is 5.00. The molecule has 0 saturated heterocycles. The van der Waals surface area contributed by atoms with Gasteiger partial charge in [-0.05, 0) is 49.6 Å². The number of carboxylic acids is 1.